The van der Waals surface area contributed by atoms with Crippen molar-refractivity contribution < 1.29 is 4.42 Å². The molecule has 0 fully saturated rings. The summed E-state index contributed by atoms with van der Waals surface area (Å²) < 4.78 is 13.4. The Labute approximate surface area is 366 Å². The molecule has 5 heterocycles. The van der Waals surface area contributed by atoms with Gasteiger partial charge in [-0.15, -0.1) is 0 Å². The number of furan rings is 1. The first-order valence-electron chi connectivity index (χ1n) is 22.0. The third-order valence-corrected chi connectivity index (χ3v) is 14.0. The van der Waals surface area contributed by atoms with Crippen molar-refractivity contribution in [1.29, 1.82) is 0 Å². The van der Waals surface area contributed by atoms with Crippen molar-refractivity contribution in [1.82, 2.24) is 13.5 Å². The zero-order chi connectivity index (χ0) is 41.6. The number of para-hydroxylation sites is 5. The van der Waals surface area contributed by atoms with Gasteiger partial charge in [-0.05, 0) is 107 Å². The second kappa shape index (κ2) is 12.5. The number of benzene rings is 10. The number of nitrogens with zero attached hydrogens (tertiary/aromatic N) is 3. The van der Waals surface area contributed by atoms with Crippen LogP contribution in [0.4, 0.5) is 0 Å². The summed E-state index contributed by atoms with van der Waals surface area (Å²) >= 11 is 0. The minimum Gasteiger partial charge on any atom is -0.456 e. The Balaban J connectivity index is 0.847. The summed E-state index contributed by atoms with van der Waals surface area (Å²) in [6.07, 6.45) is 0. The maximum atomic E-state index is 6.11. The van der Waals surface area contributed by atoms with Gasteiger partial charge in [0, 0.05) is 65.2 Å². The van der Waals surface area contributed by atoms with Gasteiger partial charge < -0.3 is 18.0 Å². The highest BCUT2D eigenvalue weighted by atomic mass is 16.3. The van der Waals surface area contributed by atoms with Crippen molar-refractivity contribution in [2.75, 3.05) is 0 Å². The van der Waals surface area contributed by atoms with Crippen molar-refractivity contribution in [2.24, 2.45) is 0 Å². The Morgan fingerprint density at radius 1 is 0.250 bits per heavy atom. The normalized spacial score (nSPS) is 12.4. The van der Waals surface area contributed by atoms with Gasteiger partial charge in [-0.1, -0.05) is 127 Å². The molecule has 0 aliphatic heterocycles. The van der Waals surface area contributed by atoms with Crippen LogP contribution in [0.15, 0.2) is 217 Å². The summed E-state index contributed by atoms with van der Waals surface area (Å²) in [6.45, 7) is 0. The predicted molar refractivity (Wildman–Crippen MR) is 268 cm³/mol. The second-order valence-corrected chi connectivity index (χ2v) is 17.3. The molecule has 0 saturated carbocycles. The molecular weight excluding hydrogens is 779 g/mol. The molecule has 0 atom stereocenters. The van der Waals surface area contributed by atoms with Crippen molar-refractivity contribution in [3.63, 3.8) is 0 Å². The van der Waals surface area contributed by atoms with Gasteiger partial charge in [-0.2, -0.15) is 0 Å². The zero-order valence-corrected chi connectivity index (χ0v) is 34.5. The van der Waals surface area contributed by atoms with Gasteiger partial charge in [-0.3, -0.25) is 0 Å². The third kappa shape index (κ3) is 4.56. The Morgan fingerprint density at radius 2 is 0.703 bits per heavy atom. The average molecular weight is 814 g/mol. The molecular formula is C60H35N3O. The van der Waals surface area contributed by atoms with Crippen molar-refractivity contribution >= 4 is 104 Å². The fraction of sp³-hybridized carbons (Fsp3) is 0. The summed E-state index contributed by atoms with van der Waals surface area (Å²) in [5, 5.41) is 12.4. The maximum Gasteiger partial charge on any atom is 0.135 e. The fourth-order valence-electron chi connectivity index (χ4n) is 11.1. The van der Waals surface area contributed by atoms with Crippen LogP contribution in [0.3, 0.4) is 0 Å². The molecule has 15 aromatic rings. The maximum absolute atomic E-state index is 6.11. The van der Waals surface area contributed by atoms with Gasteiger partial charge in [0.25, 0.3) is 0 Å². The van der Waals surface area contributed by atoms with Gasteiger partial charge in [0.2, 0.25) is 0 Å². The van der Waals surface area contributed by atoms with E-state index in [2.05, 4.69) is 214 Å². The van der Waals surface area contributed by atoms with Crippen LogP contribution in [0, 0.1) is 0 Å². The minimum absolute atomic E-state index is 0.914. The van der Waals surface area contributed by atoms with E-state index in [1.54, 1.807) is 0 Å². The molecule has 64 heavy (non-hydrogen) atoms. The average Bonchev–Trinajstić information content (AvgIpc) is 4.16. The molecule has 5 aromatic heterocycles. The number of hydrogen-bond donors (Lipinski definition) is 0. The summed E-state index contributed by atoms with van der Waals surface area (Å²) in [7, 11) is 0. The van der Waals surface area contributed by atoms with E-state index in [9.17, 15) is 0 Å². The first-order chi connectivity index (χ1) is 31.7. The highest BCUT2D eigenvalue weighted by Gasteiger charge is 2.20. The van der Waals surface area contributed by atoms with Crippen molar-refractivity contribution in [2.45, 2.75) is 0 Å². The first-order valence-corrected chi connectivity index (χ1v) is 22.0. The Bertz CT molecular complexity index is 4420. The van der Waals surface area contributed by atoms with Crippen LogP contribution in [0.2, 0.25) is 0 Å². The van der Waals surface area contributed by atoms with E-state index in [0.29, 0.717) is 0 Å². The summed E-state index contributed by atoms with van der Waals surface area (Å²) in [4.78, 5) is 0. The van der Waals surface area contributed by atoms with E-state index in [1.165, 1.54) is 104 Å². The number of hydrogen-bond acceptors (Lipinski definition) is 1. The molecule has 15 rings (SSSR count). The molecule has 10 aromatic carbocycles. The number of fused-ring (bicyclic) bond motifs is 15. The first kappa shape index (κ1) is 34.0. The van der Waals surface area contributed by atoms with E-state index in [0.717, 1.165) is 33.3 Å². The highest BCUT2D eigenvalue weighted by Crippen LogP contribution is 2.42. The van der Waals surface area contributed by atoms with Crippen LogP contribution < -0.4 is 0 Å². The zero-order valence-electron chi connectivity index (χ0n) is 34.5. The van der Waals surface area contributed by atoms with Crippen LogP contribution in [0.5, 0.6) is 0 Å². The van der Waals surface area contributed by atoms with Gasteiger partial charge in [-0.25, -0.2) is 0 Å². The van der Waals surface area contributed by atoms with Gasteiger partial charge in [0.15, 0.2) is 0 Å². The molecule has 0 spiro atoms. The standard InChI is InChI=1S/C60H35N3O/c1-7-18-54-42(10-1)47-14-9-15-48-45-28-27-41(35-57(45)63(54)60(47)48)62-53-17-6-3-12-44(53)50-33-39(23-30-56(50)62)38-22-29-55-49(32-38)43-11-2-5-16-52(43)61(55)40-25-20-36(21-26-40)37-24-31-59-51(34-37)46-13-4-8-19-58(46)64-59/h1-35H. The SMILES string of the molecule is c1ccc2c(c1)oc1ccc(-c3ccc(-n4c5ccccc5c5cc(-c6ccc7c(c6)c6ccccc6n7-c6ccc7c8cccc9c%10ccccc%10n(c7c6)c98)ccc54)cc3)cc12. The molecule has 0 radical (unpaired) electrons. The molecule has 0 aliphatic rings. The molecule has 0 N–H and O–H groups in total. The van der Waals surface area contributed by atoms with E-state index < -0.39 is 0 Å². The van der Waals surface area contributed by atoms with Gasteiger partial charge in [0.05, 0.1) is 38.6 Å². The molecule has 0 unspecified atom stereocenters. The molecule has 0 saturated heterocycles. The summed E-state index contributed by atoms with van der Waals surface area (Å²) in [6, 6.07) is 77.9. The lowest BCUT2D eigenvalue weighted by Crippen LogP contribution is -1.94. The van der Waals surface area contributed by atoms with Crippen LogP contribution in [-0.4, -0.2) is 13.5 Å². The lowest BCUT2D eigenvalue weighted by molar-refractivity contribution is 0.669. The van der Waals surface area contributed by atoms with Crippen LogP contribution >= 0.6 is 0 Å². The fourth-order valence-corrected chi connectivity index (χ4v) is 11.1. The molecule has 4 nitrogen and oxygen atoms in total. The van der Waals surface area contributed by atoms with Gasteiger partial charge in [0.1, 0.15) is 11.2 Å². The third-order valence-electron chi connectivity index (χ3n) is 14.0. The number of rotatable bonds is 4. The van der Waals surface area contributed by atoms with Crippen LogP contribution in [0.25, 0.3) is 137 Å². The smallest absolute Gasteiger partial charge is 0.135 e. The molecule has 4 heteroatoms. The van der Waals surface area contributed by atoms with Crippen LogP contribution in [0.1, 0.15) is 0 Å². The van der Waals surface area contributed by atoms with Crippen molar-refractivity contribution in [3.8, 4) is 33.6 Å². The monoisotopic (exact) mass is 813 g/mol. The Kier molecular flexibility index (Phi) is 6.65. The lowest BCUT2D eigenvalue weighted by atomic mass is 10.0. The van der Waals surface area contributed by atoms with Crippen LogP contribution in [-0.2, 0) is 0 Å². The number of aromatic nitrogens is 3. The quantitative estimate of drug-likeness (QED) is 0.174. The Morgan fingerprint density at radius 3 is 1.39 bits per heavy atom. The lowest BCUT2D eigenvalue weighted by Gasteiger charge is -2.11. The molecule has 0 bridgehead atoms. The second-order valence-electron chi connectivity index (χ2n) is 17.3. The van der Waals surface area contributed by atoms with Gasteiger partial charge >= 0.3 is 0 Å². The topological polar surface area (TPSA) is 27.4 Å². The van der Waals surface area contributed by atoms with E-state index >= 15 is 0 Å². The highest BCUT2D eigenvalue weighted by molar-refractivity contribution is 6.23. The van der Waals surface area contributed by atoms with Crippen molar-refractivity contribution in [3.05, 3.63) is 212 Å². The largest absolute Gasteiger partial charge is 0.456 e. The van der Waals surface area contributed by atoms with E-state index in [-0.39, 0.29) is 0 Å². The molecule has 296 valence electrons. The molecule has 0 aliphatic carbocycles. The molecule has 0 amide bonds. The van der Waals surface area contributed by atoms with E-state index in [4.69, 9.17) is 4.42 Å². The minimum atomic E-state index is 0.914. The summed E-state index contributed by atoms with van der Waals surface area (Å²) in [5.41, 5.74) is 17.4. The Hall–Kier alpha value is -8.60. The summed E-state index contributed by atoms with van der Waals surface area (Å²) in [5.74, 6) is 0. The predicted octanol–water partition coefficient (Wildman–Crippen LogP) is 16.3. The van der Waals surface area contributed by atoms with E-state index in [1.807, 2.05) is 12.1 Å².